The summed E-state index contributed by atoms with van der Waals surface area (Å²) in [5.41, 5.74) is 0. The summed E-state index contributed by atoms with van der Waals surface area (Å²) >= 11 is 0. The second-order valence-corrected chi connectivity index (χ2v) is 3.05. The molecule has 2 heteroatoms. The van der Waals surface area contributed by atoms with Gasteiger partial charge in [0.05, 0.1) is 0 Å². The quantitative estimate of drug-likeness (QED) is 0.661. The molecule has 0 saturated carbocycles. The van der Waals surface area contributed by atoms with Gasteiger partial charge < -0.3 is 4.79 Å². The molecule has 0 aliphatic rings. The molecule has 0 unspecified atom stereocenters. The maximum absolute atomic E-state index is 10.6. The number of unbranched alkanes of at least 4 members (excludes halogenated alkanes) is 1. The fourth-order valence-electron chi connectivity index (χ4n) is 0.551. The molecule has 0 rings (SSSR count). The fraction of sp³-hybridized carbons (Fsp3) is 0.818. The first-order valence-corrected chi connectivity index (χ1v) is 5.09. The van der Waals surface area contributed by atoms with Crippen LogP contribution in [0.4, 0.5) is 0 Å². The number of hydrogen-bond donors (Lipinski definition) is 0. The summed E-state index contributed by atoms with van der Waals surface area (Å²) in [6, 6.07) is 0. The summed E-state index contributed by atoms with van der Waals surface area (Å²) in [6.45, 7) is 7.45. The van der Waals surface area contributed by atoms with Gasteiger partial charge in [0.1, 0.15) is 11.6 Å². The van der Waals surface area contributed by atoms with Crippen LogP contribution in [-0.2, 0) is 9.59 Å². The van der Waals surface area contributed by atoms with Crippen LogP contribution in [0.2, 0.25) is 0 Å². The van der Waals surface area contributed by atoms with Crippen molar-refractivity contribution in [3.05, 3.63) is 0 Å². The Bertz CT molecular complexity index is 139. The van der Waals surface area contributed by atoms with E-state index in [4.69, 9.17) is 0 Å². The van der Waals surface area contributed by atoms with E-state index in [2.05, 4.69) is 6.92 Å². The lowest BCUT2D eigenvalue weighted by Gasteiger charge is -1.91. The molecule has 0 spiro atoms. The van der Waals surface area contributed by atoms with Crippen LogP contribution in [0.5, 0.6) is 0 Å². The first kappa shape index (κ1) is 14.8. The topological polar surface area (TPSA) is 34.1 Å². The lowest BCUT2D eigenvalue weighted by atomic mass is 10.1. The molecule has 0 heterocycles. The number of carbonyl (C=O) groups is 2. The van der Waals surface area contributed by atoms with E-state index < -0.39 is 0 Å². The van der Waals surface area contributed by atoms with E-state index in [9.17, 15) is 9.59 Å². The standard InChI is InChI=1S/C7H14O.C4H8O/c1-3-5-6-7(8)4-2;1-3-4(2)5/h3-6H2,1-2H3;3H2,1-2H3. The first-order valence-electron chi connectivity index (χ1n) is 5.09. The van der Waals surface area contributed by atoms with Crippen LogP contribution in [0.25, 0.3) is 0 Å². The zero-order valence-electron chi connectivity index (χ0n) is 9.35. The smallest absolute Gasteiger partial charge is 0.132 e. The minimum atomic E-state index is 0.255. The molecule has 0 bridgehead atoms. The molecule has 0 fully saturated rings. The molecule has 0 radical (unpaired) electrons. The van der Waals surface area contributed by atoms with Crippen molar-refractivity contribution in [1.29, 1.82) is 0 Å². The Morgan fingerprint density at radius 1 is 1.00 bits per heavy atom. The lowest BCUT2D eigenvalue weighted by Crippen LogP contribution is -1.92. The van der Waals surface area contributed by atoms with E-state index in [1.807, 2.05) is 13.8 Å². The van der Waals surface area contributed by atoms with Crippen molar-refractivity contribution in [2.24, 2.45) is 0 Å². The summed E-state index contributed by atoms with van der Waals surface area (Å²) in [6.07, 6.45) is 4.35. The first-order chi connectivity index (χ1) is 6.08. The third-order valence-electron chi connectivity index (χ3n) is 1.70. The van der Waals surface area contributed by atoms with Crippen molar-refractivity contribution < 1.29 is 9.59 Å². The van der Waals surface area contributed by atoms with Gasteiger partial charge in [0.15, 0.2) is 0 Å². The van der Waals surface area contributed by atoms with Gasteiger partial charge in [0.2, 0.25) is 0 Å². The average Bonchev–Trinajstić information content (AvgIpc) is 2.15. The number of carbonyl (C=O) groups excluding carboxylic acids is 2. The summed E-state index contributed by atoms with van der Waals surface area (Å²) < 4.78 is 0. The normalized spacial score (nSPS) is 8.62. The van der Waals surface area contributed by atoms with Gasteiger partial charge in [-0.2, -0.15) is 0 Å². The van der Waals surface area contributed by atoms with Crippen LogP contribution in [-0.4, -0.2) is 11.6 Å². The zero-order chi connectivity index (χ0) is 10.7. The molecule has 0 aliphatic carbocycles. The highest BCUT2D eigenvalue weighted by atomic mass is 16.1. The lowest BCUT2D eigenvalue weighted by molar-refractivity contribution is -0.119. The molecule has 0 saturated heterocycles. The SMILES string of the molecule is CCC(C)=O.CCCCC(=O)CC. The van der Waals surface area contributed by atoms with Gasteiger partial charge >= 0.3 is 0 Å². The molecule has 2 nitrogen and oxygen atoms in total. The average molecular weight is 186 g/mol. The van der Waals surface area contributed by atoms with Gasteiger partial charge in [-0.1, -0.05) is 27.2 Å². The number of hydrogen-bond acceptors (Lipinski definition) is 2. The Morgan fingerprint density at radius 3 is 1.69 bits per heavy atom. The monoisotopic (exact) mass is 186 g/mol. The van der Waals surface area contributed by atoms with Crippen LogP contribution in [0.3, 0.4) is 0 Å². The molecule has 0 N–H and O–H groups in total. The van der Waals surface area contributed by atoms with Gasteiger partial charge in [0, 0.05) is 19.3 Å². The molecular formula is C11H22O2. The van der Waals surface area contributed by atoms with Crippen molar-refractivity contribution in [3.8, 4) is 0 Å². The second kappa shape index (κ2) is 11.3. The van der Waals surface area contributed by atoms with E-state index in [0.717, 1.165) is 19.3 Å². The molecule has 0 amide bonds. The molecule has 0 aromatic carbocycles. The van der Waals surface area contributed by atoms with E-state index >= 15 is 0 Å². The molecule has 0 aromatic heterocycles. The van der Waals surface area contributed by atoms with Crippen molar-refractivity contribution in [1.82, 2.24) is 0 Å². The minimum Gasteiger partial charge on any atom is -0.300 e. The maximum Gasteiger partial charge on any atom is 0.132 e. The van der Waals surface area contributed by atoms with Crippen molar-refractivity contribution in [3.63, 3.8) is 0 Å². The van der Waals surface area contributed by atoms with Crippen LogP contribution in [0.15, 0.2) is 0 Å². The molecule has 0 aliphatic heterocycles. The van der Waals surface area contributed by atoms with Crippen LogP contribution < -0.4 is 0 Å². The summed E-state index contributed by atoms with van der Waals surface area (Å²) in [4.78, 5) is 20.4. The number of rotatable bonds is 5. The Morgan fingerprint density at radius 2 is 1.46 bits per heavy atom. The van der Waals surface area contributed by atoms with Crippen molar-refractivity contribution in [2.75, 3.05) is 0 Å². The van der Waals surface area contributed by atoms with E-state index in [0.29, 0.717) is 18.6 Å². The summed E-state index contributed by atoms with van der Waals surface area (Å²) in [5.74, 6) is 0.650. The van der Waals surface area contributed by atoms with Crippen molar-refractivity contribution >= 4 is 11.6 Å². The third-order valence-corrected chi connectivity index (χ3v) is 1.70. The number of ketones is 2. The molecule has 0 atom stereocenters. The predicted octanol–water partition coefficient (Wildman–Crippen LogP) is 3.14. The molecular weight excluding hydrogens is 164 g/mol. The largest absolute Gasteiger partial charge is 0.300 e. The van der Waals surface area contributed by atoms with Gasteiger partial charge in [-0.3, -0.25) is 4.79 Å². The Balaban J connectivity index is 0. The van der Waals surface area contributed by atoms with E-state index in [1.165, 1.54) is 0 Å². The van der Waals surface area contributed by atoms with Crippen molar-refractivity contribution in [2.45, 2.75) is 59.8 Å². The van der Waals surface area contributed by atoms with Crippen LogP contribution >= 0.6 is 0 Å². The van der Waals surface area contributed by atoms with Gasteiger partial charge in [-0.15, -0.1) is 0 Å². The summed E-state index contributed by atoms with van der Waals surface area (Å²) in [7, 11) is 0. The van der Waals surface area contributed by atoms with Gasteiger partial charge in [-0.05, 0) is 13.3 Å². The highest BCUT2D eigenvalue weighted by Crippen LogP contribution is 1.96. The van der Waals surface area contributed by atoms with Crippen LogP contribution in [0, 0.1) is 0 Å². The third kappa shape index (κ3) is 18.4. The predicted molar refractivity (Wildman–Crippen MR) is 55.8 cm³/mol. The van der Waals surface area contributed by atoms with Gasteiger partial charge in [-0.25, -0.2) is 0 Å². The fourth-order valence-corrected chi connectivity index (χ4v) is 0.551. The van der Waals surface area contributed by atoms with E-state index in [-0.39, 0.29) is 5.78 Å². The highest BCUT2D eigenvalue weighted by Gasteiger charge is 1.93. The maximum atomic E-state index is 10.6. The molecule has 13 heavy (non-hydrogen) atoms. The zero-order valence-corrected chi connectivity index (χ0v) is 9.35. The Labute approximate surface area is 81.7 Å². The van der Waals surface area contributed by atoms with Gasteiger partial charge in [0.25, 0.3) is 0 Å². The minimum absolute atomic E-state index is 0.255. The molecule has 78 valence electrons. The Kier molecular flexibility index (Phi) is 12.9. The second-order valence-electron chi connectivity index (χ2n) is 3.05. The van der Waals surface area contributed by atoms with E-state index in [1.54, 1.807) is 6.92 Å². The highest BCUT2D eigenvalue weighted by molar-refractivity contribution is 5.77. The molecule has 0 aromatic rings. The Hall–Kier alpha value is -0.660. The number of Topliss-reactive ketones (excluding diaryl/α,β-unsaturated/α-hetero) is 2. The van der Waals surface area contributed by atoms with Crippen LogP contribution in [0.1, 0.15) is 59.8 Å². The summed E-state index contributed by atoms with van der Waals surface area (Å²) in [5, 5.41) is 0.